The van der Waals surface area contributed by atoms with Crippen LogP contribution in [0, 0.1) is 10.1 Å². The normalized spacial score (nSPS) is 11.1. The van der Waals surface area contributed by atoms with E-state index in [1.165, 1.54) is 24.3 Å². The van der Waals surface area contributed by atoms with Crippen LogP contribution >= 0.6 is 0 Å². The number of ketones is 1. The van der Waals surface area contributed by atoms with Gasteiger partial charge in [0, 0.05) is 34.2 Å². The Kier molecular flexibility index (Phi) is 4.56. The molecule has 0 atom stereocenters. The fourth-order valence-corrected chi connectivity index (χ4v) is 3.20. The Hall–Kier alpha value is -3.99. The van der Waals surface area contributed by atoms with Gasteiger partial charge in [0.2, 0.25) is 0 Å². The molecule has 0 radical (unpaired) electrons. The van der Waals surface area contributed by atoms with Gasteiger partial charge in [-0.2, -0.15) is 0 Å². The number of aromatic amines is 1. The van der Waals surface area contributed by atoms with Crippen molar-refractivity contribution in [2.24, 2.45) is 0 Å². The Morgan fingerprint density at radius 2 is 1.68 bits per heavy atom. The third kappa shape index (κ3) is 3.33. The van der Waals surface area contributed by atoms with Gasteiger partial charge >= 0.3 is 0 Å². The molecule has 28 heavy (non-hydrogen) atoms. The van der Waals surface area contributed by atoms with E-state index in [1.807, 2.05) is 54.6 Å². The van der Waals surface area contributed by atoms with Crippen molar-refractivity contribution in [3.63, 3.8) is 0 Å². The van der Waals surface area contributed by atoms with Crippen LogP contribution < -0.4 is 0 Å². The van der Waals surface area contributed by atoms with Crippen molar-refractivity contribution in [2.75, 3.05) is 0 Å². The molecule has 1 aromatic heterocycles. The fraction of sp³-hybridized carbons (Fsp3) is 0. The van der Waals surface area contributed by atoms with Crippen molar-refractivity contribution in [3.05, 3.63) is 106 Å². The number of hydrogen-bond acceptors (Lipinski definition) is 3. The first-order chi connectivity index (χ1) is 13.6. The summed E-state index contributed by atoms with van der Waals surface area (Å²) in [6, 6.07) is 23.5. The number of nitro groups is 1. The Labute approximate surface area is 161 Å². The van der Waals surface area contributed by atoms with Crippen LogP contribution in [0.2, 0.25) is 0 Å². The van der Waals surface area contributed by atoms with Crippen molar-refractivity contribution in [1.82, 2.24) is 4.98 Å². The summed E-state index contributed by atoms with van der Waals surface area (Å²) in [7, 11) is 0. The smallest absolute Gasteiger partial charge is 0.270 e. The van der Waals surface area contributed by atoms with Crippen molar-refractivity contribution in [2.45, 2.75) is 0 Å². The molecule has 4 aromatic rings. The molecule has 4 rings (SSSR count). The van der Waals surface area contributed by atoms with Crippen molar-refractivity contribution in [1.29, 1.82) is 0 Å². The lowest BCUT2D eigenvalue weighted by Gasteiger charge is -2.01. The van der Waals surface area contributed by atoms with Gasteiger partial charge < -0.3 is 4.98 Å². The molecule has 136 valence electrons. The summed E-state index contributed by atoms with van der Waals surface area (Å²) in [6.45, 7) is 0. The lowest BCUT2D eigenvalue weighted by atomic mass is 10.0. The number of rotatable bonds is 5. The number of fused-ring (bicyclic) bond motifs is 1. The molecule has 1 N–H and O–H groups in total. The van der Waals surface area contributed by atoms with Crippen molar-refractivity contribution in [3.8, 4) is 11.3 Å². The maximum absolute atomic E-state index is 12.6. The van der Waals surface area contributed by atoms with E-state index in [4.69, 9.17) is 0 Å². The van der Waals surface area contributed by atoms with E-state index >= 15 is 0 Å². The highest BCUT2D eigenvalue weighted by molar-refractivity contribution is 6.09. The minimum atomic E-state index is -0.506. The molecule has 5 heteroatoms. The number of hydrogen-bond donors (Lipinski definition) is 1. The lowest BCUT2D eigenvalue weighted by molar-refractivity contribution is -0.384. The van der Waals surface area contributed by atoms with Crippen molar-refractivity contribution < 1.29 is 9.72 Å². The van der Waals surface area contributed by atoms with Crippen LogP contribution in [0.15, 0.2) is 84.9 Å². The van der Waals surface area contributed by atoms with Gasteiger partial charge in [0.15, 0.2) is 5.78 Å². The standard InChI is InChI=1S/C23H16N2O3/c26-22(17-9-6-10-18(15-17)25(27)28)14-13-20-19-11-4-5-12-21(19)24-23(20)16-7-2-1-3-8-16/h1-15,24H/b14-13+. The largest absolute Gasteiger partial charge is 0.354 e. The van der Waals surface area contributed by atoms with Crippen LogP contribution in [0.5, 0.6) is 0 Å². The van der Waals surface area contributed by atoms with E-state index in [1.54, 1.807) is 12.1 Å². The van der Waals surface area contributed by atoms with Gasteiger partial charge in [0.25, 0.3) is 5.69 Å². The number of nitrogens with one attached hydrogen (secondary N) is 1. The highest BCUT2D eigenvalue weighted by atomic mass is 16.6. The molecule has 0 aliphatic rings. The molecule has 0 spiro atoms. The molecule has 5 nitrogen and oxygen atoms in total. The molecular weight excluding hydrogens is 352 g/mol. The third-order valence-electron chi connectivity index (χ3n) is 4.55. The topological polar surface area (TPSA) is 76.0 Å². The zero-order valence-electron chi connectivity index (χ0n) is 14.8. The molecule has 3 aromatic carbocycles. The predicted molar refractivity (Wildman–Crippen MR) is 110 cm³/mol. The number of carbonyl (C=O) groups excluding carboxylic acids is 1. The fourth-order valence-electron chi connectivity index (χ4n) is 3.20. The number of benzene rings is 3. The monoisotopic (exact) mass is 368 g/mol. The molecule has 0 aliphatic heterocycles. The maximum Gasteiger partial charge on any atom is 0.270 e. The average Bonchev–Trinajstić information content (AvgIpc) is 3.11. The molecule has 0 amide bonds. The maximum atomic E-state index is 12.6. The zero-order valence-corrected chi connectivity index (χ0v) is 14.8. The third-order valence-corrected chi connectivity index (χ3v) is 4.55. The molecule has 0 fully saturated rings. The van der Waals surface area contributed by atoms with Crippen LogP contribution in [-0.4, -0.2) is 15.7 Å². The van der Waals surface area contributed by atoms with E-state index in [9.17, 15) is 14.9 Å². The van der Waals surface area contributed by atoms with Gasteiger partial charge in [-0.3, -0.25) is 14.9 Å². The number of H-pyrrole nitrogens is 1. The molecule has 1 heterocycles. The number of allylic oxidation sites excluding steroid dienone is 1. The van der Waals surface area contributed by atoms with Gasteiger partial charge in [-0.25, -0.2) is 0 Å². The zero-order chi connectivity index (χ0) is 19.5. The van der Waals surface area contributed by atoms with E-state index in [2.05, 4.69) is 4.98 Å². The Bertz CT molecular complexity index is 1210. The second kappa shape index (κ2) is 7.32. The Balaban J connectivity index is 1.76. The summed E-state index contributed by atoms with van der Waals surface area (Å²) in [5.41, 5.74) is 4.00. The number of carbonyl (C=O) groups is 1. The second-order valence-electron chi connectivity index (χ2n) is 6.33. The van der Waals surface area contributed by atoms with Crippen LogP contribution in [0.4, 0.5) is 5.69 Å². The minimum absolute atomic E-state index is 0.101. The van der Waals surface area contributed by atoms with E-state index in [-0.39, 0.29) is 17.0 Å². The molecule has 0 saturated heterocycles. The molecule has 0 bridgehead atoms. The van der Waals surface area contributed by atoms with Crippen LogP contribution in [0.25, 0.3) is 28.2 Å². The van der Waals surface area contributed by atoms with Crippen LogP contribution in [-0.2, 0) is 0 Å². The first-order valence-corrected chi connectivity index (χ1v) is 8.76. The number of nitro benzene ring substituents is 1. The van der Waals surface area contributed by atoms with Gasteiger partial charge in [-0.05, 0) is 23.8 Å². The quantitative estimate of drug-likeness (QED) is 0.214. The number of aromatic nitrogens is 1. The molecular formula is C23H16N2O3. The summed E-state index contributed by atoms with van der Waals surface area (Å²) in [5, 5.41) is 11.9. The number of nitrogens with zero attached hydrogens (tertiary/aromatic N) is 1. The van der Waals surface area contributed by atoms with Crippen LogP contribution in [0.1, 0.15) is 15.9 Å². The SMILES string of the molecule is O=C(/C=C/c1c(-c2ccccc2)[nH]c2ccccc12)c1cccc([N+](=O)[O-])c1. The summed E-state index contributed by atoms with van der Waals surface area (Å²) in [4.78, 5) is 26.4. The Morgan fingerprint density at radius 1 is 0.929 bits per heavy atom. The second-order valence-corrected chi connectivity index (χ2v) is 6.33. The van der Waals surface area contributed by atoms with Gasteiger partial charge in [0.05, 0.1) is 10.6 Å². The highest BCUT2D eigenvalue weighted by Crippen LogP contribution is 2.31. The first-order valence-electron chi connectivity index (χ1n) is 8.76. The average molecular weight is 368 g/mol. The van der Waals surface area contributed by atoms with Gasteiger partial charge in [-0.15, -0.1) is 0 Å². The van der Waals surface area contributed by atoms with E-state index < -0.39 is 4.92 Å². The van der Waals surface area contributed by atoms with Crippen molar-refractivity contribution >= 4 is 28.4 Å². The highest BCUT2D eigenvalue weighted by Gasteiger charge is 2.12. The summed E-state index contributed by atoms with van der Waals surface area (Å²) in [6.07, 6.45) is 3.23. The molecule has 0 unspecified atom stereocenters. The van der Waals surface area contributed by atoms with Crippen LogP contribution in [0.3, 0.4) is 0 Å². The summed E-state index contributed by atoms with van der Waals surface area (Å²) in [5.74, 6) is -0.284. The minimum Gasteiger partial charge on any atom is -0.354 e. The molecule has 0 aliphatic carbocycles. The lowest BCUT2D eigenvalue weighted by Crippen LogP contribution is -1.96. The summed E-state index contributed by atoms with van der Waals surface area (Å²) < 4.78 is 0. The van der Waals surface area contributed by atoms with E-state index in [0.29, 0.717) is 0 Å². The first kappa shape index (κ1) is 17.4. The number of para-hydroxylation sites is 1. The predicted octanol–water partition coefficient (Wildman–Crippen LogP) is 5.64. The molecule has 0 saturated carbocycles. The number of non-ortho nitro benzene ring substituents is 1. The van der Waals surface area contributed by atoms with E-state index in [0.717, 1.165) is 27.7 Å². The Morgan fingerprint density at radius 3 is 2.46 bits per heavy atom. The van der Waals surface area contributed by atoms with Gasteiger partial charge in [0.1, 0.15) is 0 Å². The van der Waals surface area contributed by atoms with Gasteiger partial charge in [-0.1, -0.05) is 60.7 Å². The summed E-state index contributed by atoms with van der Waals surface area (Å²) >= 11 is 0.